The molecule has 0 aromatic heterocycles. The fourth-order valence-corrected chi connectivity index (χ4v) is 2.59. The van der Waals surface area contributed by atoms with Crippen LogP contribution in [0.3, 0.4) is 0 Å². The zero-order valence-electron chi connectivity index (χ0n) is 15.8. The molecule has 0 spiro atoms. The Kier molecular flexibility index (Phi) is 8.79. The standard InChI is InChI=1S/C16H23NO11/c1-7(18)17-13-15(27-10(4)21)14(26-9(3)20)11(5-24-8(2)19)28-16(13)25-6-12(22)23/h11,13-16H,5-6H2,1-4H3,(H,17,18)(H,22,23)/t11-,13-,14+,15-,16?/m1/s1. The number of ether oxygens (including phenoxy) is 5. The minimum Gasteiger partial charge on any atom is -0.480 e. The molecule has 1 amide bonds. The van der Waals surface area contributed by atoms with Gasteiger partial charge in [0.25, 0.3) is 0 Å². The lowest BCUT2D eigenvalue weighted by Crippen LogP contribution is -2.66. The Bertz CT molecular complexity index is 576. The zero-order chi connectivity index (χ0) is 21.4. The lowest BCUT2D eigenvalue weighted by molar-refractivity contribution is -0.277. The Morgan fingerprint density at radius 1 is 0.929 bits per heavy atom. The highest BCUT2D eigenvalue weighted by Gasteiger charge is 2.51. The molecule has 1 aliphatic heterocycles. The van der Waals surface area contributed by atoms with Gasteiger partial charge in [0.05, 0.1) is 0 Å². The summed E-state index contributed by atoms with van der Waals surface area (Å²) < 4.78 is 26.0. The molecule has 12 nitrogen and oxygen atoms in total. The van der Waals surface area contributed by atoms with E-state index in [1.54, 1.807) is 0 Å². The van der Waals surface area contributed by atoms with E-state index in [0.29, 0.717) is 0 Å². The second-order valence-electron chi connectivity index (χ2n) is 5.92. The van der Waals surface area contributed by atoms with E-state index in [4.69, 9.17) is 28.8 Å². The van der Waals surface area contributed by atoms with E-state index in [9.17, 15) is 24.0 Å². The van der Waals surface area contributed by atoms with Gasteiger partial charge >= 0.3 is 23.9 Å². The Balaban J connectivity index is 3.26. The van der Waals surface area contributed by atoms with E-state index in [0.717, 1.165) is 20.8 Å². The van der Waals surface area contributed by atoms with Crippen molar-refractivity contribution < 1.29 is 52.8 Å². The van der Waals surface area contributed by atoms with Crippen molar-refractivity contribution in [2.45, 2.75) is 58.3 Å². The second-order valence-corrected chi connectivity index (χ2v) is 5.92. The molecule has 0 aromatic carbocycles. The molecule has 1 unspecified atom stereocenters. The van der Waals surface area contributed by atoms with Crippen molar-refractivity contribution in [2.24, 2.45) is 0 Å². The summed E-state index contributed by atoms with van der Waals surface area (Å²) in [6, 6.07) is -1.20. The van der Waals surface area contributed by atoms with E-state index in [2.05, 4.69) is 5.32 Å². The molecular formula is C16H23NO11. The number of amides is 1. The number of hydrogen-bond acceptors (Lipinski definition) is 10. The van der Waals surface area contributed by atoms with Crippen molar-refractivity contribution in [2.75, 3.05) is 13.2 Å². The first kappa shape index (κ1) is 23.3. The van der Waals surface area contributed by atoms with Gasteiger partial charge in [0, 0.05) is 27.7 Å². The van der Waals surface area contributed by atoms with Crippen molar-refractivity contribution in [3.63, 3.8) is 0 Å². The molecule has 0 aromatic rings. The van der Waals surface area contributed by atoms with Gasteiger partial charge in [0.1, 0.15) is 25.4 Å². The van der Waals surface area contributed by atoms with Crippen molar-refractivity contribution in [3.05, 3.63) is 0 Å². The largest absolute Gasteiger partial charge is 0.480 e. The lowest BCUT2D eigenvalue weighted by atomic mass is 9.96. The maximum atomic E-state index is 11.6. The molecule has 5 atom stereocenters. The third kappa shape index (κ3) is 7.48. The Morgan fingerprint density at radius 3 is 1.96 bits per heavy atom. The molecule has 1 rings (SSSR count). The molecular weight excluding hydrogens is 382 g/mol. The molecule has 1 saturated heterocycles. The van der Waals surface area contributed by atoms with Crippen LogP contribution in [0.5, 0.6) is 0 Å². The third-order valence-electron chi connectivity index (χ3n) is 3.44. The SMILES string of the molecule is CC(=O)N[C@H]1C(OCC(=O)O)O[C@H](COC(C)=O)[C@H](OC(C)=O)[C@@H]1OC(C)=O. The predicted molar refractivity (Wildman–Crippen MR) is 87.6 cm³/mol. The van der Waals surface area contributed by atoms with Crippen LogP contribution in [0.2, 0.25) is 0 Å². The van der Waals surface area contributed by atoms with Gasteiger partial charge in [0.15, 0.2) is 18.5 Å². The Hall–Kier alpha value is -2.73. The number of carbonyl (C=O) groups is 5. The quantitative estimate of drug-likeness (QED) is 0.366. The first-order valence-electron chi connectivity index (χ1n) is 8.25. The minimum atomic E-state index is -1.39. The summed E-state index contributed by atoms with van der Waals surface area (Å²) in [5.41, 5.74) is 0. The van der Waals surface area contributed by atoms with Crippen LogP contribution in [0.25, 0.3) is 0 Å². The molecule has 0 bridgehead atoms. The molecule has 1 heterocycles. The second kappa shape index (κ2) is 10.6. The zero-order valence-corrected chi connectivity index (χ0v) is 15.8. The number of rotatable bonds is 8. The van der Waals surface area contributed by atoms with Crippen LogP contribution in [0.1, 0.15) is 27.7 Å². The normalized spacial score (nSPS) is 26.6. The van der Waals surface area contributed by atoms with Crippen molar-refractivity contribution in [3.8, 4) is 0 Å². The molecule has 158 valence electrons. The Morgan fingerprint density at radius 2 is 1.50 bits per heavy atom. The van der Waals surface area contributed by atoms with E-state index < -0.39 is 73.6 Å². The number of nitrogens with one attached hydrogen (secondary N) is 1. The first-order valence-corrected chi connectivity index (χ1v) is 8.25. The molecule has 0 aliphatic carbocycles. The topological polar surface area (TPSA) is 164 Å². The number of carboxylic acids is 1. The number of esters is 3. The van der Waals surface area contributed by atoms with Gasteiger partial charge in [-0.3, -0.25) is 19.2 Å². The van der Waals surface area contributed by atoms with Crippen LogP contribution >= 0.6 is 0 Å². The summed E-state index contributed by atoms with van der Waals surface area (Å²) in [5.74, 6) is -4.03. The van der Waals surface area contributed by atoms with Crippen LogP contribution in [0.15, 0.2) is 0 Å². The van der Waals surface area contributed by atoms with Crippen LogP contribution < -0.4 is 5.32 Å². The van der Waals surface area contributed by atoms with E-state index in [-0.39, 0.29) is 0 Å². The first-order chi connectivity index (χ1) is 13.0. The van der Waals surface area contributed by atoms with Gasteiger partial charge in [-0.1, -0.05) is 0 Å². The highest BCUT2D eigenvalue weighted by atomic mass is 16.7. The smallest absolute Gasteiger partial charge is 0.329 e. The van der Waals surface area contributed by atoms with E-state index >= 15 is 0 Å². The summed E-state index contributed by atoms with van der Waals surface area (Å²) in [4.78, 5) is 56.7. The van der Waals surface area contributed by atoms with Gasteiger partial charge in [-0.2, -0.15) is 0 Å². The van der Waals surface area contributed by atoms with Crippen LogP contribution in [-0.4, -0.2) is 78.7 Å². The predicted octanol–water partition coefficient (Wildman–Crippen LogP) is -1.26. The molecule has 0 radical (unpaired) electrons. The summed E-state index contributed by atoms with van der Waals surface area (Å²) >= 11 is 0. The average Bonchev–Trinajstić information content (AvgIpc) is 2.54. The monoisotopic (exact) mass is 405 g/mol. The van der Waals surface area contributed by atoms with E-state index in [1.165, 1.54) is 6.92 Å². The number of carbonyl (C=O) groups excluding carboxylic acids is 4. The number of carboxylic acid groups (broad SMARTS) is 1. The summed E-state index contributed by atoms with van der Waals surface area (Å²) in [6.07, 6.45) is -5.10. The highest BCUT2D eigenvalue weighted by Crippen LogP contribution is 2.27. The number of aliphatic carboxylic acids is 1. The lowest BCUT2D eigenvalue weighted by Gasteiger charge is -2.44. The van der Waals surface area contributed by atoms with E-state index in [1.807, 2.05) is 0 Å². The molecule has 0 saturated carbocycles. The highest BCUT2D eigenvalue weighted by molar-refractivity contribution is 5.74. The maximum Gasteiger partial charge on any atom is 0.329 e. The van der Waals surface area contributed by atoms with Gasteiger partial charge < -0.3 is 34.1 Å². The van der Waals surface area contributed by atoms with Crippen molar-refractivity contribution in [1.29, 1.82) is 0 Å². The van der Waals surface area contributed by atoms with Gasteiger partial charge in [-0.05, 0) is 0 Å². The maximum absolute atomic E-state index is 11.6. The minimum absolute atomic E-state index is 0.398. The summed E-state index contributed by atoms with van der Waals surface area (Å²) in [6.45, 7) is 3.33. The Labute approximate surface area is 160 Å². The number of hydrogen-bond donors (Lipinski definition) is 2. The third-order valence-corrected chi connectivity index (χ3v) is 3.44. The van der Waals surface area contributed by atoms with Gasteiger partial charge in [-0.25, -0.2) is 4.79 Å². The summed E-state index contributed by atoms with van der Waals surface area (Å²) in [7, 11) is 0. The molecule has 1 aliphatic rings. The molecule has 1 fully saturated rings. The van der Waals surface area contributed by atoms with Crippen molar-refractivity contribution in [1.82, 2.24) is 5.32 Å². The van der Waals surface area contributed by atoms with Crippen LogP contribution in [0, 0.1) is 0 Å². The summed E-state index contributed by atoms with van der Waals surface area (Å²) in [5, 5.41) is 11.3. The van der Waals surface area contributed by atoms with Crippen molar-refractivity contribution >= 4 is 29.8 Å². The van der Waals surface area contributed by atoms with Crippen LogP contribution in [0.4, 0.5) is 0 Å². The fraction of sp³-hybridized carbons (Fsp3) is 0.688. The molecule has 2 N–H and O–H groups in total. The van der Waals surface area contributed by atoms with Gasteiger partial charge in [-0.15, -0.1) is 0 Å². The average molecular weight is 405 g/mol. The fourth-order valence-electron chi connectivity index (χ4n) is 2.59. The van der Waals surface area contributed by atoms with Crippen LogP contribution in [-0.2, 0) is 47.7 Å². The molecule has 12 heteroatoms. The molecule has 28 heavy (non-hydrogen) atoms. The van der Waals surface area contributed by atoms with Gasteiger partial charge in [0.2, 0.25) is 5.91 Å².